The van der Waals surface area contributed by atoms with Crippen LogP contribution in [0, 0.1) is 0 Å². The van der Waals surface area contributed by atoms with Gasteiger partial charge < -0.3 is 4.74 Å². The van der Waals surface area contributed by atoms with Gasteiger partial charge in [0.1, 0.15) is 0 Å². The first-order valence-corrected chi connectivity index (χ1v) is 6.35. The van der Waals surface area contributed by atoms with Crippen LogP contribution in [-0.2, 0) is 9.30 Å². The fraction of sp³-hybridized carbons (Fsp3) is 0.500. The first-order valence-electron chi connectivity index (χ1n) is 2.30. The molecule has 0 saturated heterocycles. The molecule has 0 aromatic carbocycles. The number of rotatable bonds is 3. The SMILES string of the molecule is CO/C=C(\CCl)P(=O)(Cl)Cl. The van der Waals surface area contributed by atoms with Crippen molar-refractivity contribution >= 4 is 39.9 Å². The van der Waals surface area contributed by atoms with E-state index < -0.39 is 5.85 Å². The van der Waals surface area contributed by atoms with E-state index in [4.69, 9.17) is 34.1 Å². The molecule has 0 aliphatic carbocycles. The highest BCUT2D eigenvalue weighted by Crippen LogP contribution is 2.63. The summed E-state index contributed by atoms with van der Waals surface area (Å²) >= 11 is 15.9. The van der Waals surface area contributed by atoms with Crippen LogP contribution in [0.5, 0.6) is 0 Å². The number of ether oxygens (including phenoxy) is 1. The smallest absolute Gasteiger partial charge is 0.282 e. The summed E-state index contributed by atoms with van der Waals surface area (Å²) in [5.74, 6) is -3.23. The Morgan fingerprint density at radius 1 is 1.70 bits per heavy atom. The molecule has 0 aromatic rings. The molecular formula is C4H6Cl3O2P. The van der Waals surface area contributed by atoms with E-state index in [9.17, 15) is 4.57 Å². The largest absolute Gasteiger partial charge is 0.504 e. The number of methoxy groups -OCH3 is 1. The minimum Gasteiger partial charge on any atom is -0.504 e. The lowest BCUT2D eigenvalue weighted by molar-refractivity contribution is 0.336. The number of hydrogen-bond donors (Lipinski definition) is 0. The average molecular weight is 223 g/mol. The third-order valence-corrected chi connectivity index (χ3v) is 3.43. The maximum Gasteiger partial charge on any atom is 0.282 e. The average Bonchev–Trinajstić information content (AvgIpc) is 1.80. The van der Waals surface area contributed by atoms with E-state index in [0.717, 1.165) is 0 Å². The van der Waals surface area contributed by atoms with Gasteiger partial charge in [0.05, 0.1) is 24.6 Å². The third kappa shape index (κ3) is 3.72. The van der Waals surface area contributed by atoms with E-state index in [0.29, 0.717) is 0 Å². The fourth-order valence-corrected chi connectivity index (χ4v) is 2.20. The van der Waals surface area contributed by atoms with Crippen molar-refractivity contribution in [3.63, 3.8) is 0 Å². The van der Waals surface area contributed by atoms with Crippen LogP contribution in [0.1, 0.15) is 0 Å². The molecular weight excluding hydrogens is 217 g/mol. The highest BCUT2D eigenvalue weighted by molar-refractivity contribution is 8.11. The topological polar surface area (TPSA) is 26.3 Å². The van der Waals surface area contributed by atoms with Gasteiger partial charge in [-0.25, -0.2) is 0 Å². The predicted molar refractivity (Wildman–Crippen MR) is 45.1 cm³/mol. The highest BCUT2D eigenvalue weighted by Gasteiger charge is 2.20. The Balaban J connectivity index is 4.37. The van der Waals surface area contributed by atoms with Gasteiger partial charge in [0.15, 0.2) is 0 Å². The normalized spacial score (nSPS) is 13.4. The molecule has 0 aliphatic rings. The molecule has 0 rings (SSSR count). The molecule has 2 nitrogen and oxygen atoms in total. The summed E-state index contributed by atoms with van der Waals surface area (Å²) in [6.07, 6.45) is 1.19. The lowest BCUT2D eigenvalue weighted by Crippen LogP contribution is -1.80. The van der Waals surface area contributed by atoms with Gasteiger partial charge in [0, 0.05) is 0 Å². The molecule has 6 heteroatoms. The van der Waals surface area contributed by atoms with Crippen LogP contribution in [0.3, 0.4) is 0 Å². The first-order chi connectivity index (χ1) is 4.52. The molecule has 0 spiro atoms. The molecule has 0 aromatic heterocycles. The van der Waals surface area contributed by atoms with E-state index in [1.807, 2.05) is 0 Å². The summed E-state index contributed by atoms with van der Waals surface area (Å²) in [6, 6.07) is 0. The van der Waals surface area contributed by atoms with Crippen LogP contribution in [-0.4, -0.2) is 13.0 Å². The van der Waals surface area contributed by atoms with Gasteiger partial charge in [-0.3, -0.25) is 4.57 Å². The second kappa shape index (κ2) is 4.50. The van der Waals surface area contributed by atoms with E-state index in [1.165, 1.54) is 13.4 Å². The lowest BCUT2D eigenvalue weighted by atomic mass is 10.7. The van der Waals surface area contributed by atoms with Crippen LogP contribution in [0.15, 0.2) is 11.6 Å². The second-order valence-corrected chi connectivity index (χ2v) is 6.58. The summed E-state index contributed by atoms with van der Waals surface area (Å²) in [5, 5.41) is 0.208. The third-order valence-electron chi connectivity index (χ3n) is 0.725. The zero-order valence-electron chi connectivity index (χ0n) is 5.18. The predicted octanol–water partition coefficient (Wildman–Crippen LogP) is 3.38. The van der Waals surface area contributed by atoms with Crippen molar-refractivity contribution in [2.45, 2.75) is 0 Å². The summed E-state index contributed by atoms with van der Waals surface area (Å²) in [5.41, 5.74) is 0. The Labute approximate surface area is 74.0 Å². The fourth-order valence-electron chi connectivity index (χ4n) is 0.298. The molecule has 10 heavy (non-hydrogen) atoms. The Morgan fingerprint density at radius 2 is 2.20 bits per heavy atom. The standard InChI is InChI=1S/C4H6Cl3O2P/c1-9-3-4(2-5)10(6,7)8/h3H,2H2,1H3/b4-3+. The Bertz CT molecular complexity index is 173. The molecule has 0 heterocycles. The highest BCUT2D eigenvalue weighted by atomic mass is 35.9. The van der Waals surface area contributed by atoms with E-state index in [-0.39, 0.29) is 11.2 Å². The number of halogens is 3. The van der Waals surface area contributed by atoms with Crippen LogP contribution < -0.4 is 0 Å². The zero-order chi connectivity index (χ0) is 8.20. The van der Waals surface area contributed by atoms with Gasteiger partial charge >= 0.3 is 0 Å². The molecule has 0 unspecified atom stereocenters. The maximum absolute atomic E-state index is 10.8. The van der Waals surface area contributed by atoms with E-state index in [2.05, 4.69) is 4.74 Å². The van der Waals surface area contributed by atoms with Crippen molar-refractivity contribution in [1.29, 1.82) is 0 Å². The van der Waals surface area contributed by atoms with Crippen LogP contribution in [0.2, 0.25) is 0 Å². The molecule has 0 amide bonds. The van der Waals surface area contributed by atoms with Crippen molar-refractivity contribution in [3.05, 3.63) is 11.6 Å². The summed E-state index contributed by atoms with van der Waals surface area (Å²) < 4.78 is 15.4. The van der Waals surface area contributed by atoms with E-state index in [1.54, 1.807) is 0 Å². The van der Waals surface area contributed by atoms with Gasteiger partial charge in [-0.15, -0.1) is 11.6 Å². The van der Waals surface area contributed by atoms with Crippen molar-refractivity contribution < 1.29 is 9.30 Å². The molecule has 0 radical (unpaired) electrons. The molecule has 60 valence electrons. The number of alkyl halides is 1. The molecule has 0 saturated carbocycles. The summed E-state index contributed by atoms with van der Waals surface area (Å²) in [7, 11) is 1.40. The molecule has 0 N–H and O–H groups in total. The van der Waals surface area contributed by atoms with Crippen LogP contribution in [0.25, 0.3) is 0 Å². The Kier molecular flexibility index (Phi) is 4.79. The quantitative estimate of drug-likeness (QED) is 0.416. The molecule has 0 fully saturated rings. The van der Waals surface area contributed by atoms with Crippen molar-refractivity contribution in [1.82, 2.24) is 0 Å². The van der Waals surface area contributed by atoms with Crippen LogP contribution >= 0.6 is 39.9 Å². The first kappa shape index (κ1) is 10.6. The Hall–Kier alpha value is 0.640. The van der Waals surface area contributed by atoms with Crippen molar-refractivity contribution in [3.8, 4) is 0 Å². The van der Waals surface area contributed by atoms with Gasteiger partial charge in [-0.2, -0.15) is 0 Å². The van der Waals surface area contributed by atoms with Gasteiger partial charge in [-0.05, 0) is 22.5 Å². The minimum atomic E-state index is -3.24. The second-order valence-electron chi connectivity index (χ2n) is 1.44. The summed E-state index contributed by atoms with van der Waals surface area (Å²) in [4.78, 5) is 0. The number of allylic oxidation sites excluding steroid dienone is 1. The number of hydrogen-bond acceptors (Lipinski definition) is 2. The summed E-state index contributed by atoms with van der Waals surface area (Å²) in [6.45, 7) is 0. The Morgan fingerprint density at radius 3 is 2.30 bits per heavy atom. The van der Waals surface area contributed by atoms with Gasteiger partial charge in [0.25, 0.3) is 5.85 Å². The van der Waals surface area contributed by atoms with Gasteiger partial charge in [0.2, 0.25) is 0 Å². The van der Waals surface area contributed by atoms with E-state index >= 15 is 0 Å². The molecule has 0 atom stereocenters. The zero-order valence-corrected chi connectivity index (χ0v) is 8.34. The minimum absolute atomic E-state index is 0.0120. The monoisotopic (exact) mass is 222 g/mol. The maximum atomic E-state index is 10.8. The molecule has 0 aliphatic heterocycles. The van der Waals surface area contributed by atoms with Crippen molar-refractivity contribution in [2.24, 2.45) is 0 Å². The van der Waals surface area contributed by atoms with Gasteiger partial charge in [-0.1, -0.05) is 0 Å². The van der Waals surface area contributed by atoms with Crippen molar-refractivity contribution in [2.75, 3.05) is 13.0 Å². The van der Waals surface area contributed by atoms with Crippen LogP contribution in [0.4, 0.5) is 0 Å². The molecule has 0 bridgehead atoms. The lowest BCUT2D eigenvalue weighted by Gasteiger charge is -2.02.